The number of pyridine rings is 1. The molecule has 4 aromatic rings. The number of aromatic nitrogens is 3. The van der Waals surface area contributed by atoms with Gasteiger partial charge in [-0.05, 0) is 61.9 Å². The molecule has 0 radical (unpaired) electrons. The molecule has 0 amide bonds. The van der Waals surface area contributed by atoms with Gasteiger partial charge < -0.3 is 14.8 Å². The number of nitrogens with one attached hydrogen (secondary N) is 1. The SMILES string of the molecule is COc1cccc(Oc2ccc(-n3c(=O)n(C4CCCNC4)c4ccncc43)cc2)c1Cl. The Morgan fingerprint density at radius 1 is 1.09 bits per heavy atom. The van der Waals surface area contributed by atoms with Crippen molar-refractivity contribution < 1.29 is 9.47 Å². The predicted octanol–water partition coefficient (Wildman–Crippen LogP) is 4.57. The zero-order valence-corrected chi connectivity index (χ0v) is 18.4. The molecule has 1 aliphatic rings. The van der Waals surface area contributed by atoms with Crippen molar-refractivity contribution in [3.8, 4) is 22.9 Å². The average molecular weight is 451 g/mol. The lowest BCUT2D eigenvalue weighted by Crippen LogP contribution is -2.36. The van der Waals surface area contributed by atoms with Crippen molar-refractivity contribution in [3.05, 3.63) is 76.4 Å². The van der Waals surface area contributed by atoms with Gasteiger partial charge in [-0.25, -0.2) is 4.79 Å². The van der Waals surface area contributed by atoms with Crippen molar-refractivity contribution in [1.29, 1.82) is 0 Å². The number of fused-ring (bicyclic) bond motifs is 1. The minimum Gasteiger partial charge on any atom is -0.495 e. The second kappa shape index (κ2) is 8.68. The fourth-order valence-corrected chi connectivity index (χ4v) is 4.48. The summed E-state index contributed by atoms with van der Waals surface area (Å²) in [5.74, 6) is 1.65. The Bertz CT molecular complexity index is 1310. The number of ether oxygens (including phenoxy) is 2. The molecule has 0 saturated carbocycles. The summed E-state index contributed by atoms with van der Waals surface area (Å²) < 4.78 is 14.8. The van der Waals surface area contributed by atoms with Crippen molar-refractivity contribution >= 4 is 22.6 Å². The summed E-state index contributed by atoms with van der Waals surface area (Å²) in [6.45, 7) is 1.78. The number of benzene rings is 2. The van der Waals surface area contributed by atoms with Crippen LogP contribution in [0.3, 0.4) is 0 Å². The molecule has 1 unspecified atom stereocenters. The van der Waals surface area contributed by atoms with Crippen LogP contribution in [0.1, 0.15) is 18.9 Å². The van der Waals surface area contributed by atoms with Crippen LogP contribution in [0.5, 0.6) is 17.2 Å². The number of halogens is 1. The molecule has 0 spiro atoms. The second-order valence-electron chi connectivity index (χ2n) is 7.72. The van der Waals surface area contributed by atoms with Crippen molar-refractivity contribution in [2.45, 2.75) is 18.9 Å². The molecule has 5 rings (SSSR count). The van der Waals surface area contributed by atoms with Gasteiger partial charge in [-0.2, -0.15) is 0 Å². The Morgan fingerprint density at radius 2 is 1.91 bits per heavy atom. The molecule has 1 aliphatic heterocycles. The van der Waals surface area contributed by atoms with Crippen LogP contribution in [0.4, 0.5) is 0 Å². The molecule has 1 saturated heterocycles. The van der Waals surface area contributed by atoms with Gasteiger partial charge in [0.1, 0.15) is 22.3 Å². The Morgan fingerprint density at radius 3 is 2.66 bits per heavy atom. The van der Waals surface area contributed by atoms with E-state index in [1.807, 2.05) is 41.0 Å². The monoisotopic (exact) mass is 450 g/mol. The highest BCUT2D eigenvalue weighted by molar-refractivity contribution is 6.33. The normalized spacial score (nSPS) is 16.2. The van der Waals surface area contributed by atoms with Gasteiger partial charge in [-0.1, -0.05) is 17.7 Å². The van der Waals surface area contributed by atoms with E-state index in [1.54, 1.807) is 36.2 Å². The van der Waals surface area contributed by atoms with Gasteiger partial charge in [0.05, 0.1) is 36.1 Å². The molecule has 7 nitrogen and oxygen atoms in total. The van der Waals surface area contributed by atoms with E-state index < -0.39 is 0 Å². The van der Waals surface area contributed by atoms with Crippen LogP contribution in [0.25, 0.3) is 16.7 Å². The molecule has 0 bridgehead atoms. The Kier molecular flexibility index (Phi) is 5.59. The molecule has 1 N–H and O–H groups in total. The third-order valence-electron chi connectivity index (χ3n) is 5.78. The predicted molar refractivity (Wildman–Crippen MR) is 125 cm³/mol. The van der Waals surface area contributed by atoms with Crippen LogP contribution in [0, 0.1) is 0 Å². The number of piperidine rings is 1. The average Bonchev–Trinajstić information content (AvgIpc) is 3.13. The molecular formula is C24H23ClN4O3. The Labute approximate surface area is 190 Å². The minimum absolute atomic E-state index is 0.0637. The van der Waals surface area contributed by atoms with Gasteiger partial charge in [-0.15, -0.1) is 0 Å². The molecule has 164 valence electrons. The van der Waals surface area contributed by atoms with E-state index >= 15 is 0 Å². The topological polar surface area (TPSA) is 70.3 Å². The van der Waals surface area contributed by atoms with E-state index in [2.05, 4.69) is 10.3 Å². The van der Waals surface area contributed by atoms with E-state index in [1.165, 1.54) is 0 Å². The van der Waals surface area contributed by atoms with E-state index in [9.17, 15) is 4.79 Å². The minimum atomic E-state index is -0.0637. The van der Waals surface area contributed by atoms with Gasteiger partial charge in [0, 0.05) is 12.7 Å². The number of nitrogens with zero attached hydrogens (tertiary/aromatic N) is 3. The summed E-state index contributed by atoms with van der Waals surface area (Å²) >= 11 is 6.34. The molecule has 3 heterocycles. The van der Waals surface area contributed by atoms with Gasteiger partial charge in [0.2, 0.25) is 0 Å². The summed E-state index contributed by atoms with van der Waals surface area (Å²) in [6, 6.07) is 14.8. The summed E-state index contributed by atoms with van der Waals surface area (Å²) in [6.07, 6.45) is 5.49. The van der Waals surface area contributed by atoms with E-state index in [0.29, 0.717) is 22.3 Å². The van der Waals surface area contributed by atoms with E-state index in [0.717, 1.165) is 42.7 Å². The third kappa shape index (κ3) is 3.63. The van der Waals surface area contributed by atoms with Crippen LogP contribution < -0.4 is 20.5 Å². The molecule has 0 aliphatic carbocycles. The lowest BCUT2D eigenvalue weighted by atomic mass is 10.1. The number of hydrogen-bond acceptors (Lipinski definition) is 5. The number of imidazole rings is 1. The maximum absolute atomic E-state index is 13.5. The lowest BCUT2D eigenvalue weighted by Gasteiger charge is -2.23. The fraction of sp³-hybridized carbons (Fsp3) is 0.250. The standard InChI is InChI=1S/C24H23ClN4O3/c1-31-21-5-2-6-22(23(21)25)32-18-9-7-16(8-10-18)28-20-15-27-13-11-19(20)29(24(28)30)17-4-3-12-26-14-17/h2,5-11,13,15,17,26H,3-4,12,14H2,1H3. The first-order valence-corrected chi connectivity index (χ1v) is 10.9. The van der Waals surface area contributed by atoms with Crippen LogP contribution in [0.2, 0.25) is 5.02 Å². The molecule has 8 heteroatoms. The largest absolute Gasteiger partial charge is 0.495 e. The van der Waals surface area contributed by atoms with E-state index in [-0.39, 0.29) is 11.7 Å². The first kappa shape index (κ1) is 20.6. The number of rotatable bonds is 5. The Balaban J connectivity index is 1.51. The van der Waals surface area contributed by atoms with Gasteiger partial charge >= 0.3 is 5.69 Å². The van der Waals surface area contributed by atoms with Crippen LogP contribution in [-0.2, 0) is 0 Å². The molecule has 1 fully saturated rings. The Hall–Kier alpha value is -3.29. The van der Waals surface area contributed by atoms with E-state index in [4.69, 9.17) is 21.1 Å². The molecule has 2 aromatic carbocycles. The van der Waals surface area contributed by atoms with Crippen molar-refractivity contribution in [2.24, 2.45) is 0 Å². The zero-order valence-electron chi connectivity index (χ0n) is 17.6. The van der Waals surface area contributed by atoms with Crippen LogP contribution in [0.15, 0.2) is 65.7 Å². The molecule has 1 atom stereocenters. The van der Waals surface area contributed by atoms with Gasteiger partial charge in [-0.3, -0.25) is 14.1 Å². The van der Waals surface area contributed by atoms with Gasteiger partial charge in [0.15, 0.2) is 0 Å². The first-order valence-electron chi connectivity index (χ1n) is 10.6. The third-order valence-corrected chi connectivity index (χ3v) is 6.15. The first-order chi connectivity index (χ1) is 15.7. The van der Waals surface area contributed by atoms with Crippen LogP contribution >= 0.6 is 11.6 Å². The highest BCUT2D eigenvalue weighted by atomic mass is 35.5. The van der Waals surface area contributed by atoms with Crippen molar-refractivity contribution in [3.63, 3.8) is 0 Å². The number of hydrogen-bond donors (Lipinski definition) is 1. The smallest absolute Gasteiger partial charge is 0.334 e. The summed E-state index contributed by atoms with van der Waals surface area (Å²) in [5.41, 5.74) is 2.36. The maximum atomic E-state index is 13.5. The molecular weight excluding hydrogens is 428 g/mol. The quantitative estimate of drug-likeness (QED) is 0.482. The fourth-order valence-electron chi connectivity index (χ4n) is 4.24. The zero-order chi connectivity index (χ0) is 22.1. The van der Waals surface area contributed by atoms with Crippen molar-refractivity contribution in [1.82, 2.24) is 19.4 Å². The second-order valence-corrected chi connectivity index (χ2v) is 8.10. The molecule has 32 heavy (non-hydrogen) atoms. The number of methoxy groups -OCH3 is 1. The lowest BCUT2D eigenvalue weighted by molar-refractivity contribution is 0.370. The molecule has 2 aromatic heterocycles. The van der Waals surface area contributed by atoms with Crippen LogP contribution in [-0.4, -0.2) is 34.3 Å². The highest BCUT2D eigenvalue weighted by Gasteiger charge is 2.23. The summed E-state index contributed by atoms with van der Waals surface area (Å²) in [5, 5.41) is 3.80. The van der Waals surface area contributed by atoms with Gasteiger partial charge in [0.25, 0.3) is 0 Å². The van der Waals surface area contributed by atoms with Crippen molar-refractivity contribution in [2.75, 3.05) is 20.2 Å². The summed E-state index contributed by atoms with van der Waals surface area (Å²) in [4.78, 5) is 17.7. The maximum Gasteiger partial charge on any atom is 0.334 e. The highest BCUT2D eigenvalue weighted by Crippen LogP contribution is 2.36. The summed E-state index contributed by atoms with van der Waals surface area (Å²) in [7, 11) is 1.56.